The topological polar surface area (TPSA) is 117 Å². The van der Waals surface area contributed by atoms with Crippen LogP contribution in [0.4, 0.5) is 16.2 Å². The lowest BCUT2D eigenvalue weighted by Crippen LogP contribution is -2.27. The van der Waals surface area contributed by atoms with Gasteiger partial charge in [-0.1, -0.05) is 30.3 Å². The molecule has 0 fully saturated rings. The van der Waals surface area contributed by atoms with Crippen molar-refractivity contribution in [1.29, 1.82) is 0 Å². The highest BCUT2D eigenvalue weighted by molar-refractivity contribution is 14.1. The maximum atomic E-state index is 12.2. The Morgan fingerprint density at radius 1 is 1.23 bits per heavy atom. The number of anilines is 1. The molecule has 2 aromatic heterocycles. The molecule has 0 bridgehead atoms. The minimum absolute atomic E-state index is 0.244. The molecule has 9 nitrogen and oxygen atoms in total. The largest absolute Gasteiger partial charge is 0.471 e. The smallest absolute Gasteiger partial charge is 0.435 e. The van der Waals surface area contributed by atoms with Gasteiger partial charge in [-0.2, -0.15) is 9.78 Å². The van der Waals surface area contributed by atoms with Gasteiger partial charge in [-0.05, 0) is 26.3 Å². The molecule has 0 unspecified atom stereocenters. The van der Waals surface area contributed by atoms with Gasteiger partial charge >= 0.3 is 6.09 Å². The molecule has 2 heterocycles. The third-order valence-corrected chi connectivity index (χ3v) is 4.10. The average molecular weight is 520 g/mol. The Balaban J connectivity index is 1.88. The van der Waals surface area contributed by atoms with Crippen LogP contribution in [-0.2, 0) is 11.3 Å². The van der Waals surface area contributed by atoms with Crippen LogP contribution in [0, 0.1) is 0 Å². The van der Waals surface area contributed by atoms with E-state index in [1.165, 1.54) is 12.4 Å². The molecule has 0 aliphatic heterocycles. The summed E-state index contributed by atoms with van der Waals surface area (Å²) in [7, 11) is 0. The maximum absolute atomic E-state index is 12.2. The van der Waals surface area contributed by atoms with E-state index in [1.54, 1.807) is 49.8 Å². The summed E-state index contributed by atoms with van der Waals surface area (Å²) in [6.07, 6.45) is 4.01. The number of carbonyl (C=O) groups excluding carboxylic acids is 1. The number of halogens is 1. The van der Waals surface area contributed by atoms with Crippen molar-refractivity contribution >= 4 is 40.3 Å². The zero-order chi connectivity index (χ0) is 21.7. The van der Waals surface area contributed by atoms with E-state index < -0.39 is 11.7 Å². The number of carbonyl (C=O) groups is 1. The SMILES string of the molecule is CC(C)(C)OC(=O)n1cc(-c2cnc(OCc3ccccc3)c(N)c2/N=N\I)cn1. The highest BCUT2D eigenvalue weighted by Crippen LogP contribution is 2.39. The third kappa shape index (κ3) is 5.32. The molecule has 0 radical (unpaired) electrons. The molecule has 156 valence electrons. The molecule has 0 aliphatic carbocycles. The summed E-state index contributed by atoms with van der Waals surface area (Å²) in [4.78, 5) is 16.6. The van der Waals surface area contributed by atoms with Crippen LogP contribution in [0.25, 0.3) is 11.1 Å². The monoisotopic (exact) mass is 520 g/mol. The molecule has 2 N–H and O–H groups in total. The predicted octanol–water partition coefficient (Wildman–Crippen LogP) is 5.32. The number of nitrogen functional groups attached to an aromatic ring is 1. The van der Waals surface area contributed by atoms with E-state index in [1.807, 2.05) is 30.3 Å². The van der Waals surface area contributed by atoms with E-state index in [4.69, 9.17) is 15.2 Å². The van der Waals surface area contributed by atoms with Crippen LogP contribution in [-0.4, -0.2) is 26.5 Å². The lowest BCUT2D eigenvalue weighted by Gasteiger charge is -2.18. The second-order valence-corrected chi connectivity index (χ2v) is 7.77. The molecule has 1 aromatic carbocycles. The fourth-order valence-electron chi connectivity index (χ4n) is 2.57. The van der Waals surface area contributed by atoms with Gasteiger partial charge in [0, 0.05) is 23.5 Å². The van der Waals surface area contributed by atoms with Crippen molar-refractivity contribution in [3.63, 3.8) is 0 Å². The van der Waals surface area contributed by atoms with E-state index in [9.17, 15) is 4.79 Å². The quantitative estimate of drug-likeness (QED) is 0.359. The van der Waals surface area contributed by atoms with Gasteiger partial charge in [-0.3, -0.25) is 0 Å². The lowest BCUT2D eigenvalue weighted by molar-refractivity contribution is 0.0514. The second kappa shape index (κ2) is 9.20. The van der Waals surface area contributed by atoms with Crippen LogP contribution in [0.15, 0.2) is 57.4 Å². The molecule has 0 aliphatic rings. The van der Waals surface area contributed by atoms with Crippen LogP contribution in [0.1, 0.15) is 26.3 Å². The van der Waals surface area contributed by atoms with Crippen molar-refractivity contribution in [1.82, 2.24) is 14.8 Å². The van der Waals surface area contributed by atoms with E-state index in [0.717, 1.165) is 10.2 Å². The number of hydrogen-bond acceptors (Lipinski definition) is 8. The molecule has 3 rings (SSSR count). The Labute approximate surface area is 187 Å². The first kappa shape index (κ1) is 21.7. The standard InChI is InChI=1S/C20H21IN6O3/c1-20(2,3)30-19(28)27-11-14(9-24-27)15-10-23-18(16(22)17(15)25-26-21)29-12-13-7-5-4-6-8-13/h4-11H,12,22H2,1-3H3/b26-25-. The Morgan fingerprint density at radius 3 is 2.63 bits per heavy atom. The Bertz CT molecular complexity index is 1060. The molecule has 0 amide bonds. The van der Waals surface area contributed by atoms with Crippen LogP contribution in [0.2, 0.25) is 0 Å². The summed E-state index contributed by atoms with van der Waals surface area (Å²) in [6, 6.07) is 9.68. The number of rotatable bonds is 5. The highest BCUT2D eigenvalue weighted by atomic mass is 127. The van der Waals surface area contributed by atoms with Crippen molar-refractivity contribution in [3.8, 4) is 17.0 Å². The average Bonchev–Trinajstić information content (AvgIpc) is 3.18. The first-order chi connectivity index (χ1) is 14.3. The van der Waals surface area contributed by atoms with Crippen molar-refractivity contribution in [3.05, 3.63) is 54.5 Å². The first-order valence-electron chi connectivity index (χ1n) is 9.04. The normalized spacial score (nSPS) is 11.6. The number of ether oxygens (including phenoxy) is 2. The summed E-state index contributed by atoms with van der Waals surface area (Å²) in [5.74, 6) is 0.251. The molecule has 0 saturated carbocycles. The Hall–Kier alpha value is -3.02. The fraction of sp³-hybridized carbons (Fsp3) is 0.250. The van der Waals surface area contributed by atoms with E-state index >= 15 is 0 Å². The van der Waals surface area contributed by atoms with Crippen molar-refractivity contribution in [2.75, 3.05) is 5.73 Å². The van der Waals surface area contributed by atoms with E-state index in [-0.39, 0.29) is 11.6 Å². The summed E-state index contributed by atoms with van der Waals surface area (Å²) in [6.45, 7) is 5.67. The van der Waals surface area contributed by atoms with Crippen molar-refractivity contribution in [2.24, 2.45) is 8.44 Å². The zero-order valence-electron chi connectivity index (χ0n) is 16.7. The van der Waals surface area contributed by atoms with Gasteiger partial charge in [0.1, 0.15) is 46.4 Å². The Morgan fingerprint density at radius 2 is 1.97 bits per heavy atom. The van der Waals surface area contributed by atoms with Crippen LogP contribution in [0.3, 0.4) is 0 Å². The van der Waals surface area contributed by atoms with Gasteiger partial charge < -0.3 is 15.2 Å². The minimum atomic E-state index is -0.631. The van der Waals surface area contributed by atoms with E-state index in [0.29, 0.717) is 23.4 Å². The summed E-state index contributed by atoms with van der Waals surface area (Å²) in [5.41, 5.74) is 8.39. The molecule has 0 spiro atoms. The van der Waals surface area contributed by atoms with Gasteiger partial charge in [0.15, 0.2) is 0 Å². The number of nitrogens with two attached hydrogens (primary N) is 1. The van der Waals surface area contributed by atoms with Crippen LogP contribution >= 0.6 is 22.9 Å². The summed E-state index contributed by atoms with van der Waals surface area (Å²) < 4.78 is 16.0. The van der Waals surface area contributed by atoms with Gasteiger partial charge in [-0.25, -0.2) is 9.78 Å². The molecule has 0 atom stereocenters. The second-order valence-electron chi connectivity index (χ2n) is 7.34. The maximum Gasteiger partial charge on any atom is 0.435 e. The predicted molar refractivity (Wildman–Crippen MR) is 121 cm³/mol. The van der Waals surface area contributed by atoms with Gasteiger partial charge in [0.2, 0.25) is 5.88 Å². The van der Waals surface area contributed by atoms with Crippen molar-refractivity contribution in [2.45, 2.75) is 33.0 Å². The molecular formula is C20H21IN6O3. The fourth-order valence-corrected chi connectivity index (χ4v) is 2.78. The molecule has 30 heavy (non-hydrogen) atoms. The molecular weight excluding hydrogens is 499 g/mol. The minimum Gasteiger partial charge on any atom is -0.471 e. The summed E-state index contributed by atoms with van der Waals surface area (Å²) >= 11 is 1.76. The molecule has 3 aromatic rings. The van der Waals surface area contributed by atoms with Crippen molar-refractivity contribution < 1.29 is 14.3 Å². The third-order valence-electron chi connectivity index (χ3n) is 3.88. The zero-order valence-corrected chi connectivity index (χ0v) is 18.9. The number of nitrogens with zero attached hydrogens (tertiary/aromatic N) is 5. The molecule has 0 saturated heterocycles. The first-order valence-corrected chi connectivity index (χ1v) is 10.0. The summed E-state index contributed by atoms with van der Waals surface area (Å²) in [5, 5.41) is 8.20. The number of pyridine rings is 1. The lowest BCUT2D eigenvalue weighted by atomic mass is 10.1. The number of aromatic nitrogens is 3. The van der Waals surface area contributed by atoms with Crippen LogP contribution in [0.5, 0.6) is 5.88 Å². The molecule has 10 heteroatoms. The Kier molecular flexibility index (Phi) is 6.65. The number of hydrogen-bond donors (Lipinski definition) is 1. The van der Waals surface area contributed by atoms with Crippen LogP contribution < -0.4 is 10.5 Å². The highest BCUT2D eigenvalue weighted by Gasteiger charge is 2.21. The van der Waals surface area contributed by atoms with Gasteiger partial charge in [0.05, 0.1) is 6.20 Å². The van der Waals surface area contributed by atoms with Gasteiger partial charge in [-0.15, -0.1) is 8.44 Å². The van der Waals surface area contributed by atoms with E-state index in [2.05, 4.69) is 18.5 Å². The number of benzene rings is 1. The van der Waals surface area contributed by atoms with Gasteiger partial charge in [0.25, 0.3) is 0 Å².